The maximum absolute atomic E-state index is 8.61. The van der Waals surface area contributed by atoms with Crippen LogP contribution < -0.4 is 6.15 Å². The molecule has 0 aromatic carbocycles. The molecule has 2 heteroatoms. The van der Waals surface area contributed by atoms with Gasteiger partial charge in [-0.05, 0) is 6.42 Å². The number of hydrogen-bond acceptors (Lipinski definition) is 2. The standard InChI is InChI=1S/C14H30O.H3N/c1-2-3-4-5-6-7-8-9-10-11-12-13-14-15;/h15H,2-14H2,1H3;1H3. The molecule has 0 amide bonds. The molecule has 0 rings (SSSR count). The minimum Gasteiger partial charge on any atom is -0.396 e. The number of rotatable bonds is 12. The molecule has 0 spiro atoms. The molecule has 16 heavy (non-hydrogen) atoms. The van der Waals surface area contributed by atoms with Gasteiger partial charge in [0, 0.05) is 6.61 Å². The van der Waals surface area contributed by atoms with Crippen LogP contribution in [0.25, 0.3) is 0 Å². The summed E-state index contributed by atoms with van der Waals surface area (Å²) < 4.78 is 0. The molecule has 0 heterocycles. The lowest BCUT2D eigenvalue weighted by molar-refractivity contribution is 0.282. The zero-order valence-electron chi connectivity index (χ0n) is 11.3. The van der Waals surface area contributed by atoms with E-state index in [0.29, 0.717) is 6.61 Å². The molecule has 0 radical (unpaired) electrons. The summed E-state index contributed by atoms with van der Waals surface area (Å²) in [4.78, 5) is 0. The van der Waals surface area contributed by atoms with Crippen LogP contribution in [0.1, 0.15) is 84.0 Å². The van der Waals surface area contributed by atoms with Gasteiger partial charge in [-0.2, -0.15) is 0 Å². The van der Waals surface area contributed by atoms with Gasteiger partial charge in [0.25, 0.3) is 0 Å². The van der Waals surface area contributed by atoms with Gasteiger partial charge in [-0.3, -0.25) is 0 Å². The van der Waals surface area contributed by atoms with Crippen LogP contribution in [0.15, 0.2) is 0 Å². The Bertz CT molecular complexity index is 94.9. The molecule has 0 fully saturated rings. The molecule has 0 saturated carbocycles. The number of hydrogen-bond donors (Lipinski definition) is 2. The van der Waals surface area contributed by atoms with Crippen LogP contribution in [-0.4, -0.2) is 11.7 Å². The van der Waals surface area contributed by atoms with Crippen LogP contribution in [0.3, 0.4) is 0 Å². The van der Waals surface area contributed by atoms with Crippen LogP contribution >= 0.6 is 0 Å². The highest BCUT2D eigenvalue weighted by Gasteiger charge is 1.92. The molecular weight excluding hydrogens is 198 g/mol. The van der Waals surface area contributed by atoms with E-state index in [0.717, 1.165) is 6.42 Å². The molecule has 0 atom stereocenters. The highest BCUT2D eigenvalue weighted by molar-refractivity contribution is 4.47. The number of unbranched alkanes of at least 4 members (excludes halogenated alkanes) is 11. The van der Waals surface area contributed by atoms with Crippen molar-refractivity contribution in [1.29, 1.82) is 0 Å². The topological polar surface area (TPSA) is 55.2 Å². The molecule has 2 nitrogen and oxygen atoms in total. The Morgan fingerprint density at radius 1 is 0.562 bits per heavy atom. The number of aliphatic hydroxyl groups excluding tert-OH is 1. The van der Waals surface area contributed by atoms with Gasteiger partial charge in [0.2, 0.25) is 0 Å². The van der Waals surface area contributed by atoms with Crippen molar-refractivity contribution < 1.29 is 5.11 Å². The van der Waals surface area contributed by atoms with Gasteiger partial charge in [-0.25, -0.2) is 0 Å². The van der Waals surface area contributed by atoms with E-state index in [9.17, 15) is 0 Å². The smallest absolute Gasteiger partial charge is 0.0431 e. The fourth-order valence-corrected chi connectivity index (χ4v) is 1.95. The predicted octanol–water partition coefficient (Wildman–Crippen LogP) is 4.84. The van der Waals surface area contributed by atoms with Crippen molar-refractivity contribution >= 4 is 0 Å². The van der Waals surface area contributed by atoms with Crippen LogP contribution in [0.5, 0.6) is 0 Å². The van der Waals surface area contributed by atoms with Crippen molar-refractivity contribution in [3.05, 3.63) is 0 Å². The van der Waals surface area contributed by atoms with Gasteiger partial charge in [-0.15, -0.1) is 0 Å². The van der Waals surface area contributed by atoms with E-state index >= 15 is 0 Å². The highest BCUT2D eigenvalue weighted by Crippen LogP contribution is 2.11. The fourth-order valence-electron chi connectivity index (χ4n) is 1.95. The van der Waals surface area contributed by atoms with Crippen molar-refractivity contribution in [3.63, 3.8) is 0 Å². The quantitative estimate of drug-likeness (QED) is 0.472. The Hall–Kier alpha value is -0.0800. The molecule has 0 bridgehead atoms. The Kier molecular flexibility index (Phi) is 19.8. The lowest BCUT2D eigenvalue weighted by Crippen LogP contribution is -1.84. The lowest BCUT2D eigenvalue weighted by Gasteiger charge is -2.01. The summed E-state index contributed by atoms with van der Waals surface area (Å²) in [6, 6.07) is 0. The van der Waals surface area contributed by atoms with Gasteiger partial charge in [0.1, 0.15) is 0 Å². The summed E-state index contributed by atoms with van der Waals surface area (Å²) in [5.41, 5.74) is 0. The molecule has 0 aromatic heterocycles. The van der Waals surface area contributed by atoms with Gasteiger partial charge >= 0.3 is 0 Å². The van der Waals surface area contributed by atoms with E-state index in [1.807, 2.05) is 0 Å². The summed E-state index contributed by atoms with van der Waals surface area (Å²) in [5, 5.41) is 8.61. The molecule has 0 aliphatic heterocycles. The Labute approximate surface area is 102 Å². The van der Waals surface area contributed by atoms with Gasteiger partial charge in [0.05, 0.1) is 0 Å². The molecule has 0 saturated heterocycles. The average molecular weight is 231 g/mol. The zero-order chi connectivity index (χ0) is 11.2. The van der Waals surface area contributed by atoms with Crippen LogP contribution in [0.4, 0.5) is 0 Å². The van der Waals surface area contributed by atoms with Gasteiger partial charge < -0.3 is 11.3 Å². The first-order valence-electron chi connectivity index (χ1n) is 7.02. The molecule has 0 unspecified atom stereocenters. The Balaban J connectivity index is 0. The maximum atomic E-state index is 8.61. The second-order valence-electron chi connectivity index (χ2n) is 4.61. The molecule has 100 valence electrons. The average Bonchev–Trinajstić information content (AvgIpc) is 2.26. The SMILES string of the molecule is CCCCCCCCCCCCCCO.N. The fraction of sp³-hybridized carbons (Fsp3) is 1.00. The van der Waals surface area contributed by atoms with E-state index < -0.39 is 0 Å². The normalized spacial score (nSPS) is 10.1. The summed E-state index contributed by atoms with van der Waals surface area (Å²) in [6.45, 7) is 2.64. The van der Waals surface area contributed by atoms with Crippen molar-refractivity contribution in [2.24, 2.45) is 0 Å². The van der Waals surface area contributed by atoms with E-state index in [1.165, 1.54) is 70.6 Å². The first-order chi connectivity index (χ1) is 7.41. The van der Waals surface area contributed by atoms with Crippen LogP contribution in [0.2, 0.25) is 0 Å². The third kappa shape index (κ3) is 16.4. The minimum absolute atomic E-state index is 0. The monoisotopic (exact) mass is 231 g/mol. The Morgan fingerprint density at radius 3 is 1.19 bits per heavy atom. The summed E-state index contributed by atoms with van der Waals surface area (Å²) in [5.74, 6) is 0. The van der Waals surface area contributed by atoms with Gasteiger partial charge in [0.15, 0.2) is 0 Å². The molecule has 0 aliphatic rings. The van der Waals surface area contributed by atoms with E-state index in [1.54, 1.807) is 0 Å². The van der Waals surface area contributed by atoms with Gasteiger partial charge in [-0.1, -0.05) is 77.6 Å². The minimum atomic E-state index is 0. The molecule has 4 N–H and O–H groups in total. The predicted molar refractivity (Wildman–Crippen MR) is 73.2 cm³/mol. The van der Waals surface area contributed by atoms with Crippen molar-refractivity contribution in [1.82, 2.24) is 6.15 Å². The molecule has 0 aliphatic carbocycles. The van der Waals surface area contributed by atoms with Crippen molar-refractivity contribution in [2.75, 3.05) is 6.61 Å². The van der Waals surface area contributed by atoms with E-state index in [4.69, 9.17) is 5.11 Å². The third-order valence-electron chi connectivity index (χ3n) is 3.01. The van der Waals surface area contributed by atoms with Crippen LogP contribution in [-0.2, 0) is 0 Å². The summed E-state index contributed by atoms with van der Waals surface area (Å²) >= 11 is 0. The highest BCUT2D eigenvalue weighted by atomic mass is 16.2. The Morgan fingerprint density at radius 2 is 0.875 bits per heavy atom. The zero-order valence-corrected chi connectivity index (χ0v) is 11.3. The second-order valence-corrected chi connectivity index (χ2v) is 4.61. The molecular formula is C14H33NO. The molecule has 0 aromatic rings. The largest absolute Gasteiger partial charge is 0.396 e. The van der Waals surface area contributed by atoms with E-state index in [2.05, 4.69) is 6.92 Å². The van der Waals surface area contributed by atoms with Crippen molar-refractivity contribution in [2.45, 2.75) is 84.0 Å². The van der Waals surface area contributed by atoms with E-state index in [-0.39, 0.29) is 6.15 Å². The second kappa shape index (κ2) is 17.3. The van der Waals surface area contributed by atoms with Crippen LogP contribution in [0, 0.1) is 0 Å². The summed E-state index contributed by atoms with van der Waals surface area (Å²) in [7, 11) is 0. The maximum Gasteiger partial charge on any atom is 0.0431 e. The summed E-state index contributed by atoms with van der Waals surface area (Å²) in [6.07, 6.45) is 16.2. The number of aliphatic hydroxyl groups is 1. The first kappa shape index (κ1) is 18.3. The first-order valence-corrected chi connectivity index (χ1v) is 7.02. The lowest BCUT2D eigenvalue weighted by atomic mass is 10.1. The van der Waals surface area contributed by atoms with Crippen molar-refractivity contribution in [3.8, 4) is 0 Å². The third-order valence-corrected chi connectivity index (χ3v) is 3.01.